The molecule has 0 unspecified atom stereocenters. The lowest BCUT2D eigenvalue weighted by Gasteiger charge is -2.10. The Morgan fingerprint density at radius 2 is 1.50 bits per heavy atom. The molecular formula is C24H15FN2S. The molecule has 134 valence electrons. The van der Waals surface area contributed by atoms with E-state index in [0.29, 0.717) is 0 Å². The summed E-state index contributed by atoms with van der Waals surface area (Å²) >= 11 is 1.69. The third kappa shape index (κ3) is 3.08. The van der Waals surface area contributed by atoms with Gasteiger partial charge in [0.15, 0.2) is 0 Å². The third-order valence-electron chi connectivity index (χ3n) is 4.75. The zero-order chi connectivity index (χ0) is 18.9. The Hall–Kier alpha value is -3.37. The fourth-order valence-corrected chi connectivity index (χ4v) is 3.99. The van der Waals surface area contributed by atoms with Crippen molar-refractivity contribution >= 4 is 22.4 Å². The van der Waals surface area contributed by atoms with Crippen molar-refractivity contribution in [2.24, 2.45) is 0 Å². The minimum absolute atomic E-state index is 0.254. The summed E-state index contributed by atoms with van der Waals surface area (Å²) in [5.74, 6) is -0.254. The van der Waals surface area contributed by atoms with E-state index in [-0.39, 0.29) is 5.82 Å². The molecule has 0 aliphatic heterocycles. The van der Waals surface area contributed by atoms with Gasteiger partial charge in [-0.25, -0.2) is 9.37 Å². The van der Waals surface area contributed by atoms with Crippen molar-refractivity contribution in [2.75, 3.05) is 0 Å². The van der Waals surface area contributed by atoms with Crippen LogP contribution in [0.25, 0.3) is 44.5 Å². The molecule has 0 saturated heterocycles. The number of aromatic nitrogens is 2. The van der Waals surface area contributed by atoms with Gasteiger partial charge >= 0.3 is 0 Å². The first-order valence-electron chi connectivity index (χ1n) is 8.93. The molecule has 5 aromatic rings. The standard InChI is InChI=1S/C24H15FN2S/c25-20-9-7-18(8-10-20)23-14-21(24-22(27-23)2-1-12-26-24)17-5-3-16(4-6-17)19-11-13-28-15-19/h1-15H. The molecular weight excluding hydrogens is 367 g/mol. The van der Waals surface area contributed by atoms with Crippen molar-refractivity contribution in [3.05, 3.63) is 95.6 Å². The Labute approximate surface area is 166 Å². The zero-order valence-electron chi connectivity index (χ0n) is 14.8. The summed E-state index contributed by atoms with van der Waals surface area (Å²) in [4.78, 5) is 9.29. The van der Waals surface area contributed by atoms with Crippen molar-refractivity contribution < 1.29 is 4.39 Å². The minimum atomic E-state index is -0.254. The Balaban J connectivity index is 1.66. The summed E-state index contributed by atoms with van der Waals surface area (Å²) in [5.41, 5.74) is 7.87. The Bertz CT molecular complexity index is 1240. The number of nitrogens with zero attached hydrogens (tertiary/aromatic N) is 2. The zero-order valence-corrected chi connectivity index (χ0v) is 15.7. The maximum atomic E-state index is 13.3. The normalized spacial score (nSPS) is 11.0. The number of hydrogen-bond acceptors (Lipinski definition) is 3. The van der Waals surface area contributed by atoms with Gasteiger partial charge in [-0.1, -0.05) is 24.3 Å². The largest absolute Gasteiger partial charge is 0.254 e. The SMILES string of the molecule is Fc1ccc(-c2cc(-c3ccc(-c4ccsc4)cc3)c3ncccc3n2)cc1. The van der Waals surface area contributed by atoms with Gasteiger partial charge in [0.1, 0.15) is 5.82 Å². The Kier molecular flexibility index (Phi) is 4.18. The highest BCUT2D eigenvalue weighted by Crippen LogP contribution is 2.32. The second-order valence-corrected chi connectivity index (χ2v) is 7.30. The number of halogens is 1. The van der Waals surface area contributed by atoms with E-state index in [1.165, 1.54) is 23.3 Å². The monoisotopic (exact) mass is 382 g/mol. The molecule has 3 heterocycles. The van der Waals surface area contributed by atoms with E-state index in [0.717, 1.165) is 33.4 Å². The van der Waals surface area contributed by atoms with E-state index < -0.39 is 0 Å². The molecule has 3 aromatic heterocycles. The summed E-state index contributed by atoms with van der Waals surface area (Å²) in [6.45, 7) is 0. The van der Waals surface area contributed by atoms with Crippen LogP contribution in [0.15, 0.2) is 89.8 Å². The number of fused-ring (bicyclic) bond motifs is 1. The van der Waals surface area contributed by atoms with Crippen molar-refractivity contribution in [1.82, 2.24) is 9.97 Å². The predicted molar refractivity (Wildman–Crippen MR) is 114 cm³/mol. The average Bonchev–Trinajstić information content (AvgIpc) is 3.29. The number of rotatable bonds is 3. The van der Waals surface area contributed by atoms with E-state index in [9.17, 15) is 4.39 Å². The number of pyridine rings is 2. The van der Waals surface area contributed by atoms with Gasteiger partial charge in [0.25, 0.3) is 0 Å². The van der Waals surface area contributed by atoms with Gasteiger partial charge in [-0.05, 0) is 76.0 Å². The molecule has 28 heavy (non-hydrogen) atoms. The molecule has 4 heteroatoms. The van der Waals surface area contributed by atoms with Gasteiger partial charge in [0, 0.05) is 17.3 Å². The topological polar surface area (TPSA) is 25.8 Å². The van der Waals surface area contributed by atoms with Crippen molar-refractivity contribution in [2.45, 2.75) is 0 Å². The molecule has 2 nitrogen and oxygen atoms in total. The summed E-state index contributed by atoms with van der Waals surface area (Å²) in [6, 6.07) is 22.9. The Morgan fingerprint density at radius 1 is 0.750 bits per heavy atom. The van der Waals surface area contributed by atoms with E-state index >= 15 is 0 Å². The summed E-state index contributed by atoms with van der Waals surface area (Å²) < 4.78 is 13.3. The smallest absolute Gasteiger partial charge is 0.123 e. The fraction of sp³-hybridized carbons (Fsp3) is 0. The van der Waals surface area contributed by atoms with Crippen molar-refractivity contribution in [3.8, 4) is 33.5 Å². The van der Waals surface area contributed by atoms with Crippen LogP contribution in [0.4, 0.5) is 4.39 Å². The molecule has 0 aliphatic carbocycles. The average molecular weight is 382 g/mol. The number of hydrogen-bond donors (Lipinski definition) is 0. The van der Waals surface area contributed by atoms with Gasteiger partial charge in [-0.2, -0.15) is 11.3 Å². The van der Waals surface area contributed by atoms with Crippen LogP contribution in [0.5, 0.6) is 0 Å². The number of benzene rings is 2. The quantitative estimate of drug-likeness (QED) is 0.342. The number of thiophene rings is 1. The maximum Gasteiger partial charge on any atom is 0.123 e. The lowest BCUT2D eigenvalue weighted by atomic mass is 9.99. The van der Waals surface area contributed by atoms with Crippen LogP contribution in [0.1, 0.15) is 0 Å². The fourth-order valence-electron chi connectivity index (χ4n) is 3.32. The van der Waals surface area contributed by atoms with Crippen LogP contribution < -0.4 is 0 Å². The maximum absolute atomic E-state index is 13.3. The van der Waals surface area contributed by atoms with Crippen LogP contribution in [0.3, 0.4) is 0 Å². The van der Waals surface area contributed by atoms with Crippen molar-refractivity contribution in [1.29, 1.82) is 0 Å². The van der Waals surface area contributed by atoms with E-state index in [4.69, 9.17) is 4.98 Å². The molecule has 0 amide bonds. The summed E-state index contributed by atoms with van der Waals surface area (Å²) in [7, 11) is 0. The molecule has 0 atom stereocenters. The highest BCUT2D eigenvalue weighted by Gasteiger charge is 2.11. The van der Waals surface area contributed by atoms with Gasteiger partial charge in [-0.3, -0.25) is 4.98 Å². The van der Waals surface area contributed by atoms with Crippen LogP contribution in [-0.4, -0.2) is 9.97 Å². The van der Waals surface area contributed by atoms with Gasteiger partial charge in [0.2, 0.25) is 0 Å². The van der Waals surface area contributed by atoms with Crippen molar-refractivity contribution in [3.63, 3.8) is 0 Å². The molecule has 2 aromatic carbocycles. The van der Waals surface area contributed by atoms with Crippen LogP contribution >= 0.6 is 11.3 Å². The third-order valence-corrected chi connectivity index (χ3v) is 5.44. The lowest BCUT2D eigenvalue weighted by molar-refractivity contribution is 0.628. The van der Waals surface area contributed by atoms with E-state index in [2.05, 4.69) is 46.1 Å². The Morgan fingerprint density at radius 3 is 2.25 bits per heavy atom. The highest BCUT2D eigenvalue weighted by molar-refractivity contribution is 7.08. The molecule has 0 spiro atoms. The van der Waals surface area contributed by atoms with Crippen LogP contribution in [-0.2, 0) is 0 Å². The van der Waals surface area contributed by atoms with Gasteiger partial charge in [0.05, 0.1) is 16.7 Å². The highest BCUT2D eigenvalue weighted by atomic mass is 32.1. The molecule has 0 saturated carbocycles. The van der Waals surface area contributed by atoms with E-state index in [1.807, 2.05) is 18.2 Å². The molecule has 0 fully saturated rings. The van der Waals surface area contributed by atoms with E-state index in [1.54, 1.807) is 29.7 Å². The first-order chi connectivity index (χ1) is 13.8. The van der Waals surface area contributed by atoms with Crippen LogP contribution in [0.2, 0.25) is 0 Å². The summed E-state index contributed by atoms with van der Waals surface area (Å²) in [5, 5.41) is 4.23. The molecule has 0 radical (unpaired) electrons. The summed E-state index contributed by atoms with van der Waals surface area (Å²) in [6.07, 6.45) is 1.78. The van der Waals surface area contributed by atoms with Gasteiger partial charge in [-0.15, -0.1) is 0 Å². The lowest BCUT2D eigenvalue weighted by Crippen LogP contribution is -1.92. The second-order valence-electron chi connectivity index (χ2n) is 6.52. The van der Waals surface area contributed by atoms with Gasteiger partial charge < -0.3 is 0 Å². The van der Waals surface area contributed by atoms with Crippen LogP contribution in [0, 0.1) is 5.82 Å². The minimum Gasteiger partial charge on any atom is -0.254 e. The second kappa shape index (κ2) is 6.98. The predicted octanol–water partition coefficient (Wildman–Crippen LogP) is 6.83. The molecule has 0 bridgehead atoms. The molecule has 0 aliphatic rings. The molecule has 0 N–H and O–H groups in total. The molecule has 5 rings (SSSR count). The first kappa shape index (κ1) is 16.8. The first-order valence-corrected chi connectivity index (χ1v) is 9.87.